The second kappa shape index (κ2) is 8.28. The fourth-order valence-electron chi connectivity index (χ4n) is 2.83. The highest BCUT2D eigenvalue weighted by Crippen LogP contribution is 2.25. The molecule has 0 aliphatic carbocycles. The van der Waals surface area contributed by atoms with Crippen LogP contribution in [0.2, 0.25) is 0 Å². The van der Waals surface area contributed by atoms with Crippen molar-refractivity contribution in [3.8, 4) is 11.3 Å². The number of nitrogens with zero attached hydrogens (tertiary/aromatic N) is 3. The fourth-order valence-corrected chi connectivity index (χ4v) is 3.50. The van der Waals surface area contributed by atoms with Crippen LogP contribution in [0.15, 0.2) is 59.0 Å². The van der Waals surface area contributed by atoms with Crippen molar-refractivity contribution < 1.29 is 9.13 Å². The molecule has 0 radical (unpaired) electrons. The Morgan fingerprint density at radius 1 is 1.07 bits per heavy atom. The van der Waals surface area contributed by atoms with Crippen LogP contribution in [0.5, 0.6) is 0 Å². The lowest BCUT2D eigenvalue weighted by Gasteiger charge is -2.28. The Bertz CT molecular complexity index is 902. The van der Waals surface area contributed by atoms with Crippen LogP contribution in [0.4, 0.5) is 15.2 Å². The Morgan fingerprint density at radius 2 is 1.81 bits per heavy atom. The van der Waals surface area contributed by atoms with Gasteiger partial charge in [-0.3, -0.25) is 5.43 Å². The Balaban J connectivity index is 1.35. The number of halogens is 1. The summed E-state index contributed by atoms with van der Waals surface area (Å²) in [5, 5.41) is 6.86. The molecule has 1 saturated heterocycles. The van der Waals surface area contributed by atoms with Gasteiger partial charge in [-0.2, -0.15) is 5.10 Å². The first kappa shape index (κ1) is 17.6. The molecule has 0 spiro atoms. The molecule has 1 N–H and O–H groups in total. The quantitative estimate of drug-likeness (QED) is 0.530. The highest BCUT2D eigenvalue weighted by atomic mass is 32.1. The largest absolute Gasteiger partial charge is 0.378 e. The third kappa shape index (κ3) is 4.50. The lowest BCUT2D eigenvalue weighted by atomic mass is 10.2. The molecule has 3 aromatic rings. The average molecular weight is 382 g/mol. The van der Waals surface area contributed by atoms with E-state index in [-0.39, 0.29) is 5.82 Å². The molecule has 1 aliphatic heterocycles. The summed E-state index contributed by atoms with van der Waals surface area (Å²) in [5.41, 5.74) is 6.84. The molecule has 2 aromatic carbocycles. The molecule has 0 bridgehead atoms. The third-order valence-corrected chi connectivity index (χ3v) is 5.03. The van der Waals surface area contributed by atoms with Crippen molar-refractivity contribution in [1.82, 2.24) is 4.98 Å². The van der Waals surface area contributed by atoms with E-state index in [1.165, 1.54) is 29.2 Å². The van der Waals surface area contributed by atoms with E-state index in [1.807, 2.05) is 17.5 Å². The second-order valence-corrected chi connectivity index (χ2v) is 6.96. The molecule has 5 nitrogen and oxygen atoms in total. The van der Waals surface area contributed by atoms with E-state index in [2.05, 4.69) is 32.5 Å². The van der Waals surface area contributed by atoms with Crippen molar-refractivity contribution >= 4 is 28.4 Å². The number of ether oxygens (including phenoxy) is 1. The highest BCUT2D eigenvalue weighted by molar-refractivity contribution is 7.14. The summed E-state index contributed by atoms with van der Waals surface area (Å²) in [4.78, 5) is 6.78. The van der Waals surface area contributed by atoms with Crippen LogP contribution in [-0.4, -0.2) is 37.5 Å². The van der Waals surface area contributed by atoms with Gasteiger partial charge in [-0.1, -0.05) is 12.1 Å². The van der Waals surface area contributed by atoms with Crippen LogP contribution in [0, 0.1) is 5.82 Å². The molecule has 1 fully saturated rings. The van der Waals surface area contributed by atoms with Crippen molar-refractivity contribution in [1.29, 1.82) is 0 Å². The lowest BCUT2D eigenvalue weighted by molar-refractivity contribution is 0.122. The smallest absolute Gasteiger partial charge is 0.203 e. The number of morpholine rings is 1. The summed E-state index contributed by atoms with van der Waals surface area (Å²) in [6.45, 7) is 3.41. The van der Waals surface area contributed by atoms with E-state index < -0.39 is 0 Å². The molecule has 138 valence electrons. The zero-order valence-corrected chi connectivity index (χ0v) is 15.5. The third-order valence-electron chi connectivity index (χ3n) is 4.29. The molecule has 27 heavy (non-hydrogen) atoms. The van der Waals surface area contributed by atoms with Gasteiger partial charge in [0.25, 0.3) is 0 Å². The van der Waals surface area contributed by atoms with Gasteiger partial charge in [0, 0.05) is 29.7 Å². The Labute approximate surface area is 161 Å². The van der Waals surface area contributed by atoms with Crippen LogP contribution in [0.25, 0.3) is 11.3 Å². The van der Waals surface area contributed by atoms with Gasteiger partial charge in [0.1, 0.15) is 5.82 Å². The fraction of sp³-hybridized carbons (Fsp3) is 0.200. The van der Waals surface area contributed by atoms with Crippen LogP contribution in [0.1, 0.15) is 5.56 Å². The number of aromatic nitrogens is 1. The number of hydrogen-bond donors (Lipinski definition) is 1. The zero-order valence-electron chi connectivity index (χ0n) is 14.6. The predicted octanol–water partition coefficient (Wildman–Crippen LogP) is 4.23. The van der Waals surface area contributed by atoms with E-state index in [9.17, 15) is 4.39 Å². The van der Waals surface area contributed by atoms with E-state index in [0.717, 1.165) is 43.1 Å². The molecule has 0 unspecified atom stereocenters. The Morgan fingerprint density at radius 3 is 2.56 bits per heavy atom. The number of anilines is 2. The first-order valence-electron chi connectivity index (χ1n) is 8.71. The first-order chi connectivity index (χ1) is 13.3. The molecule has 1 aromatic heterocycles. The molecular weight excluding hydrogens is 363 g/mol. The molecule has 4 rings (SSSR count). The summed E-state index contributed by atoms with van der Waals surface area (Å²) in [6.07, 6.45) is 1.77. The van der Waals surface area contributed by atoms with Gasteiger partial charge < -0.3 is 9.64 Å². The highest BCUT2D eigenvalue weighted by Gasteiger charge is 2.10. The molecule has 0 saturated carbocycles. The minimum absolute atomic E-state index is 0.253. The molecule has 1 aliphatic rings. The van der Waals surface area contributed by atoms with Gasteiger partial charge in [0.15, 0.2) is 0 Å². The molecule has 0 amide bonds. The summed E-state index contributed by atoms with van der Waals surface area (Å²) in [6, 6.07) is 14.6. The predicted molar refractivity (Wildman–Crippen MR) is 108 cm³/mol. The van der Waals surface area contributed by atoms with Gasteiger partial charge in [0.05, 0.1) is 25.1 Å². The SMILES string of the molecule is Fc1ccc(-c2csc(N/N=C/c3ccc(N4CCOCC4)cc3)n2)cc1. The number of hydrogen-bond acceptors (Lipinski definition) is 6. The van der Waals surface area contributed by atoms with Gasteiger partial charge in [-0.15, -0.1) is 11.3 Å². The van der Waals surface area contributed by atoms with E-state index in [0.29, 0.717) is 5.13 Å². The molecular formula is C20H19FN4OS. The normalized spacial score (nSPS) is 14.6. The van der Waals surface area contributed by atoms with Crippen LogP contribution in [-0.2, 0) is 4.74 Å². The maximum atomic E-state index is 13.0. The standard InChI is InChI=1S/C20H19FN4OS/c21-17-5-3-16(4-6-17)19-14-27-20(23-19)24-22-13-15-1-7-18(8-2-15)25-9-11-26-12-10-25/h1-8,13-14H,9-12H2,(H,23,24)/b22-13+. The number of rotatable bonds is 5. The van der Waals surface area contributed by atoms with Gasteiger partial charge >= 0.3 is 0 Å². The lowest BCUT2D eigenvalue weighted by Crippen LogP contribution is -2.36. The van der Waals surface area contributed by atoms with Crippen molar-refractivity contribution in [2.24, 2.45) is 5.10 Å². The zero-order chi connectivity index (χ0) is 18.5. The summed E-state index contributed by atoms with van der Waals surface area (Å²) >= 11 is 1.46. The number of nitrogens with one attached hydrogen (secondary N) is 1. The average Bonchev–Trinajstić information content (AvgIpc) is 3.19. The van der Waals surface area contributed by atoms with E-state index >= 15 is 0 Å². The van der Waals surface area contributed by atoms with Gasteiger partial charge in [-0.05, 0) is 42.0 Å². The van der Waals surface area contributed by atoms with E-state index in [1.54, 1.807) is 18.3 Å². The summed E-state index contributed by atoms with van der Waals surface area (Å²) in [5.74, 6) is -0.253. The monoisotopic (exact) mass is 382 g/mol. The Kier molecular flexibility index (Phi) is 5.41. The maximum Gasteiger partial charge on any atom is 0.203 e. The van der Waals surface area contributed by atoms with Crippen LogP contribution < -0.4 is 10.3 Å². The van der Waals surface area contributed by atoms with Crippen LogP contribution >= 0.6 is 11.3 Å². The second-order valence-electron chi connectivity index (χ2n) is 6.11. The summed E-state index contributed by atoms with van der Waals surface area (Å²) in [7, 11) is 0. The van der Waals surface area contributed by atoms with Crippen LogP contribution in [0.3, 0.4) is 0 Å². The number of thiazole rings is 1. The van der Waals surface area contributed by atoms with Gasteiger partial charge in [-0.25, -0.2) is 9.37 Å². The van der Waals surface area contributed by atoms with Gasteiger partial charge in [0.2, 0.25) is 5.13 Å². The maximum absolute atomic E-state index is 13.0. The first-order valence-corrected chi connectivity index (χ1v) is 9.59. The Hall–Kier alpha value is -2.77. The minimum atomic E-state index is -0.253. The minimum Gasteiger partial charge on any atom is -0.378 e. The molecule has 2 heterocycles. The molecule has 0 atom stereocenters. The molecule has 7 heteroatoms. The number of benzene rings is 2. The topological polar surface area (TPSA) is 49.8 Å². The van der Waals surface area contributed by atoms with E-state index in [4.69, 9.17) is 4.74 Å². The van der Waals surface area contributed by atoms with Crippen molar-refractivity contribution in [3.05, 3.63) is 65.3 Å². The number of hydrazone groups is 1. The van der Waals surface area contributed by atoms with Crippen molar-refractivity contribution in [3.63, 3.8) is 0 Å². The summed E-state index contributed by atoms with van der Waals surface area (Å²) < 4.78 is 18.4. The van der Waals surface area contributed by atoms with Crippen molar-refractivity contribution in [2.45, 2.75) is 0 Å². The van der Waals surface area contributed by atoms with Crippen molar-refractivity contribution in [2.75, 3.05) is 36.6 Å².